The third-order valence-corrected chi connectivity index (χ3v) is 4.20. The van der Waals surface area contributed by atoms with Crippen molar-refractivity contribution in [3.8, 4) is 0 Å². The normalized spacial score (nSPS) is 30.6. The van der Waals surface area contributed by atoms with Crippen LogP contribution < -0.4 is 0 Å². The molecule has 0 amide bonds. The summed E-state index contributed by atoms with van der Waals surface area (Å²) in [4.78, 5) is 0. The van der Waals surface area contributed by atoms with Crippen molar-refractivity contribution in [2.24, 2.45) is 23.7 Å². The fraction of sp³-hybridized carbons (Fsp3) is 0.875. The molecule has 2 unspecified atom stereocenters. The van der Waals surface area contributed by atoms with E-state index in [1.54, 1.807) is 0 Å². The van der Waals surface area contributed by atoms with E-state index in [0.29, 0.717) is 0 Å². The van der Waals surface area contributed by atoms with E-state index in [9.17, 15) is 0 Å². The molecule has 2 rings (SSSR count). The molecule has 0 N–H and O–H groups in total. The van der Waals surface area contributed by atoms with Crippen LogP contribution in [0.1, 0.15) is 66.2 Å². The topological polar surface area (TPSA) is 0 Å². The Morgan fingerprint density at radius 2 is 1.00 bits per heavy atom. The van der Waals surface area contributed by atoms with Gasteiger partial charge in [-0.1, -0.05) is 65.2 Å². The summed E-state index contributed by atoms with van der Waals surface area (Å²) in [6, 6.07) is 0. The van der Waals surface area contributed by atoms with E-state index in [-0.39, 0.29) is 131 Å². The van der Waals surface area contributed by atoms with Crippen LogP contribution in [-0.4, -0.2) is 0 Å². The van der Waals surface area contributed by atoms with Gasteiger partial charge in [-0.25, -0.2) is 0 Å². The molecule has 0 spiro atoms. The Hall–Kier alpha value is 4.42. The Balaban J connectivity index is -0.000000107. The van der Waals surface area contributed by atoms with Gasteiger partial charge in [0.15, 0.2) is 0 Å². The second-order valence-corrected chi connectivity index (χ2v) is 5.96. The zero-order chi connectivity index (χ0) is 12.0. The summed E-state index contributed by atoms with van der Waals surface area (Å²) in [5, 5.41) is 0. The minimum absolute atomic E-state index is 0. The summed E-state index contributed by atoms with van der Waals surface area (Å²) in [5.41, 5.74) is 0. The third-order valence-electron chi connectivity index (χ3n) is 4.20. The number of hydrogen-bond acceptors (Lipinski definition) is 0. The van der Waals surface area contributed by atoms with Crippen molar-refractivity contribution in [1.29, 1.82) is 0 Å². The summed E-state index contributed by atoms with van der Waals surface area (Å²) >= 11 is 0. The molecule has 0 heterocycles. The number of hydrogen-bond donors (Lipinski definition) is 0. The van der Waals surface area contributed by atoms with Crippen molar-refractivity contribution < 1.29 is 131 Å². The van der Waals surface area contributed by atoms with Gasteiger partial charge >= 0.3 is 0 Å². The zero-order valence-corrected chi connectivity index (χ0v) is 25.4. The van der Waals surface area contributed by atoms with E-state index in [4.69, 9.17) is 0 Å². The Labute approximate surface area is 229 Å². The molecule has 4 heteroatoms. The van der Waals surface area contributed by atoms with Crippen LogP contribution in [0.25, 0.3) is 0 Å². The molecule has 2 fully saturated rings. The maximum absolute atomic E-state index is 2.48. The molecule has 0 aromatic rings. The van der Waals surface area contributed by atoms with Crippen LogP contribution in [-0.2, 0) is 131 Å². The van der Waals surface area contributed by atoms with Gasteiger partial charge in [0.25, 0.3) is 0 Å². The summed E-state index contributed by atoms with van der Waals surface area (Å²) in [6.07, 6.45) is 13.3. The van der Waals surface area contributed by atoms with Crippen molar-refractivity contribution in [3.05, 3.63) is 12.8 Å². The van der Waals surface area contributed by atoms with Gasteiger partial charge in [-0.2, -0.15) is 24.7 Å². The SMILES string of the molecule is CC[C@@H]1[CH-]CC(C)C1.CC[C@@H]1[CH-]CC(C)C1.[Y].[Y].[Y].[Y]. The van der Waals surface area contributed by atoms with Crippen molar-refractivity contribution in [3.63, 3.8) is 0 Å². The van der Waals surface area contributed by atoms with Gasteiger partial charge in [-0.15, -0.1) is 0 Å². The van der Waals surface area contributed by atoms with E-state index < -0.39 is 0 Å². The average Bonchev–Trinajstić information content (AvgIpc) is 2.88. The molecule has 0 saturated heterocycles. The smallest absolute Gasteiger partial charge is 0 e. The fourth-order valence-corrected chi connectivity index (χ4v) is 2.93. The van der Waals surface area contributed by atoms with Crippen LogP contribution >= 0.6 is 0 Å². The van der Waals surface area contributed by atoms with Crippen LogP contribution in [0.5, 0.6) is 0 Å². The fourth-order valence-electron chi connectivity index (χ4n) is 2.93. The van der Waals surface area contributed by atoms with Crippen LogP contribution in [0, 0.1) is 36.5 Å². The minimum atomic E-state index is 0. The van der Waals surface area contributed by atoms with Crippen LogP contribution in [0.4, 0.5) is 0 Å². The monoisotopic (exact) mass is 578 g/mol. The molecule has 0 nitrogen and oxygen atoms in total. The molecule has 2 saturated carbocycles. The second kappa shape index (κ2) is 19.7. The molecule has 4 radical (unpaired) electrons. The van der Waals surface area contributed by atoms with Crippen molar-refractivity contribution in [2.75, 3.05) is 0 Å². The minimum Gasteiger partial charge on any atom is -0.325 e. The molecule has 0 aliphatic heterocycles. The first-order valence-electron chi connectivity index (χ1n) is 7.32. The molecule has 0 aromatic carbocycles. The van der Waals surface area contributed by atoms with E-state index >= 15 is 0 Å². The van der Waals surface area contributed by atoms with Crippen LogP contribution in [0.3, 0.4) is 0 Å². The van der Waals surface area contributed by atoms with E-state index in [0.717, 1.165) is 23.7 Å². The van der Waals surface area contributed by atoms with Gasteiger partial charge < -0.3 is 12.8 Å². The largest absolute Gasteiger partial charge is 0.325 e. The molecule has 108 valence electrons. The Kier molecular flexibility index (Phi) is 31.7. The Bertz CT molecular complexity index is 167. The molecule has 0 bridgehead atoms. The summed E-state index contributed by atoms with van der Waals surface area (Å²) < 4.78 is 0. The molecule has 2 aliphatic rings. The maximum Gasteiger partial charge on any atom is 0 e. The zero-order valence-electron chi connectivity index (χ0n) is 14.0. The summed E-state index contributed by atoms with van der Waals surface area (Å²) in [5.74, 6) is 3.84. The summed E-state index contributed by atoms with van der Waals surface area (Å²) in [6.45, 7) is 9.23. The Morgan fingerprint density at radius 3 is 1.10 bits per heavy atom. The van der Waals surface area contributed by atoms with E-state index in [1.807, 2.05) is 0 Å². The van der Waals surface area contributed by atoms with Crippen molar-refractivity contribution >= 4 is 0 Å². The maximum atomic E-state index is 2.48. The molecular formula is C16H30Y4-2. The molecule has 2 aliphatic carbocycles. The first kappa shape index (κ1) is 32.1. The van der Waals surface area contributed by atoms with Gasteiger partial charge in [0.05, 0.1) is 0 Å². The van der Waals surface area contributed by atoms with Crippen LogP contribution in [0.15, 0.2) is 0 Å². The second-order valence-electron chi connectivity index (χ2n) is 5.96. The van der Waals surface area contributed by atoms with Gasteiger partial charge in [-0.05, 0) is 0 Å². The van der Waals surface area contributed by atoms with E-state index in [2.05, 4.69) is 40.5 Å². The van der Waals surface area contributed by atoms with Crippen LogP contribution in [0.2, 0.25) is 0 Å². The van der Waals surface area contributed by atoms with Gasteiger partial charge in [0.1, 0.15) is 0 Å². The standard InChI is InChI=1S/2C8H15.4Y/c2*1-3-8-5-4-7(2)6-8;;;;/h2*5,7-8H,3-4,6H2,1-2H3;;;;/q2*-1;;;;/t2*7?,8-;;;;/m11..../s1. The molecular weight excluding hydrogens is 548 g/mol. The Morgan fingerprint density at radius 1 is 0.700 bits per heavy atom. The summed E-state index contributed by atoms with van der Waals surface area (Å²) in [7, 11) is 0. The first-order chi connectivity index (χ1) is 7.65. The molecule has 0 aromatic heterocycles. The van der Waals surface area contributed by atoms with Gasteiger partial charge in [-0.3, -0.25) is 0 Å². The quantitative estimate of drug-likeness (QED) is 0.392. The number of rotatable bonds is 2. The van der Waals surface area contributed by atoms with Gasteiger partial charge in [0, 0.05) is 131 Å². The van der Waals surface area contributed by atoms with E-state index in [1.165, 1.54) is 38.5 Å². The molecule has 4 atom stereocenters. The molecule has 20 heavy (non-hydrogen) atoms. The van der Waals surface area contributed by atoms with Gasteiger partial charge in [0.2, 0.25) is 0 Å². The van der Waals surface area contributed by atoms with Crippen molar-refractivity contribution in [1.82, 2.24) is 0 Å². The predicted molar refractivity (Wildman–Crippen MR) is 73.0 cm³/mol. The third kappa shape index (κ3) is 14.7. The predicted octanol–water partition coefficient (Wildman–Crippen LogP) is 5.28. The average molecular weight is 578 g/mol. The van der Waals surface area contributed by atoms with Crippen molar-refractivity contribution in [2.45, 2.75) is 66.2 Å². The first-order valence-corrected chi connectivity index (χ1v) is 7.32.